The van der Waals surface area contributed by atoms with Gasteiger partial charge in [0.15, 0.2) is 0 Å². The molecular weight excluding hydrogens is 431 g/mol. The second kappa shape index (κ2) is 5.94. The highest BCUT2D eigenvalue weighted by Crippen LogP contribution is 2.53. The number of amides is 3. The largest absolute Gasteiger partial charge is 0.325 e. The molecule has 5 nitrogen and oxygen atoms in total. The van der Waals surface area contributed by atoms with Crippen molar-refractivity contribution in [1.29, 1.82) is 0 Å². The lowest BCUT2D eigenvalue weighted by Gasteiger charge is -2.32. The van der Waals surface area contributed by atoms with Crippen LogP contribution in [-0.4, -0.2) is 29.2 Å². The van der Waals surface area contributed by atoms with E-state index in [0.29, 0.717) is 11.3 Å². The molecule has 2 aromatic carbocycles. The van der Waals surface area contributed by atoms with Gasteiger partial charge in [0.05, 0.1) is 5.41 Å². The van der Waals surface area contributed by atoms with Gasteiger partial charge in [-0.05, 0) is 71.3 Å². The van der Waals surface area contributed by atoms with Crippen molar-refractivity contribution in [2.45, 2.75) is 18.3 Å². The normalized spacial score (nSPS) is 17.4. The van der Waals surface area contributed by atoms with Gasteiger partial charge in [-0.15, -0.1) is 0 Å². The summed E-state index contributed by atoms with van der Waals surface area (Å²) < 4.78 is 1.06. The molecule has 25 heavy (non-hydrogen) atoms. The Morgan fingerprint density at radius 1 is 1.08 bits per heavy atom. The van der Waals surface area contributed by atoms with Crippen LogP contribution in [0.1, 0.15) is 28.8 Å². The van der Waals surface area contributed by atoms with Crippen LogP contribution in [0.2, 0.25) is 0 Å². The molecule has 6 heteroatoms. The molecule has 4 rings (SSSR count). The maximum absolute atomic E-state index is 12.8. The summed E-state index contributed by atoms with van der Waals surface area (Å²) in [7, 11) is 0. The van der Waals surface area contributed by atoms with Gasteiger partial charge in [-0.3, -0.25) is 19.3 Å². The van der Waals surface area contributed by atoms with Crippen molar-refractivity contribution < 1.29 is 14.4 Å². The van der Waals surface area contributed by atoms with Gasteiger partial charge in [-0.1, -0.05) is 18.2 Å². The number of imide groups is 1. The van der Waals surface area contributed by atoms with Crippen LogP contribution in [0.4, 0.5) is 5.69 Å². The number of halogens is 1. The van der Waals surface area contributed by atoms with E-state index in [1.165, 1.54) is 0 Å². The van der Waals surface area contributed by atoms with Crippen molar-refractivity contribution in [2.24, 2.45) is 0 Å². The molecule has 0 aromatic heterocycles. The lowest BCUT2D eigenvalue weighted by molar-refractivity contribution is -0.134. The topological polar surface area (TPSA) is 66.5 Å². The zero-order chi connectivity index (χ0) is 17.6. The van der Waals surface area contributed by atoms with E-state index in [9.17, 15) is 14.4 Å². The molecule has 0 saturated heterocycles. The van der Waals surface area contributed by atoms with Gasteiger partial charge >= 0.3 is 0 Å². The zero-order valence-electron chi connectivity index (χ0n) is 13.3. The standard InChI is InChI=1S/C19H15IN2O3/c20-12-5-7-13(8-6-12)21-16(23)11-22-17(24)14-3-1-2-4-15(14)19(9-10-19)18(22)25/h1-8H,9-11H2,(H,21,23). The number of hydrogen-bond donors (Lipinski definition) is 1. The molecule has 126 valence electrons. The molecule has 1 N–H and O–H groups in total. The first-order valence-electron chi connectivity index (χ1n) is 8.02. The van der Waals surface area contributed by atoms with Gasteiger partial charge in [0.25, 0.3) is 5.91 Å². The summed E-state index contributed by atoms with van der Waals surface area (Å²) in [5, 5.41) is 2.74. The minimum atomic E-state index is -0.604. The summed E-state index contributed by atoms with van der Waals surface area (Å²) in [5.74, 6) is -1.03. The van der Waals surface area contributed by atoms with Crippen LogP contribution in [0.25, 0.3) is 0 Å². The third-order valence-electron chi connectivity index (χ3n) is 4.75. The molecule has 1 spiro atoms. The monoisotopic (exact) mass is 446 g/mol. The molecule has 0 unspecified atom stereocenters. The lowest BCUT2D eigenvalue weighted by atomic mass is 9.85. The van der Waals surface area contributed by atoms with Crippen LogP contribution in [0, 0.1) is 3.57 Å². The highest BCUT2D eigenvalue weighted by atomic mass is 127. The molecular formula is C19H15IN2O3. The number of carbonyl (C=O) groups is 3. The van der Waals surface area contributed by atoms with Crippen LogP contribution in [0.3, 0.4) is 0 Å². The average molecular weight is 446 g/mol. The van der Waals surface area contributed by atoms with E-state index in [1.54, 1.807) is 24.3 Å². The van der Waals surface area contributed by atoms with Crippen molar-refractivity contribution in [3.8, 4) is 0 Å². The fraction of sp³-hybridized carbons (Fsp3) is 0.211. The van der Waals surface area contributed by atoms with Gasteiger partial charge < -0.3 is 5.32 Å². The van der Waals surface area contributed by atoms with Gasteiger partial charge in [0.2, 0.25) is 11.8 Å². The predicted molar refractivity (Wildman–Crippen MR) is 101 cm³/mol. The Hall–Kier alpha value is -2.22. The minimum Gasteiger partial charge on any atom is -0.325 e. The molecule has 0 atom stereocenters. The van der Waals surface area contributed by atoms with Crippen LogP contribution < -0.4 is 5.32 Å². The second-order valence-electron chi connectivity index (χ2n) is 6.38. The third-order valence-corrected chi connectivity index (χ3v) is 5.47. The van der Waals surface area contributed by atoms with E-state index in [0.717, 1.165) is 26.9 Å². The SMILES string of the molecule is O=C(CN1C(=O)c2ccccc2C2(CC2)C1=O)Nc1ccc(I)cc1. The van der Waals surface area contributed by atoms with E-state index < -0.39 is 11.3 Å². The van der Waals surface area contributed by atoms with E-state index in [4.69, 9.17) is 0 Å². The number of nitrogens with zero attached hydrogens (tertiary/aromatic N) is 1. The molecule has 1 saturated carbocycles. The first-order valence-corrected chi connectivity index (χ1v) is 9.10. The smallest absolute Gasteiger partial charge is 0.261 e. The van der Waals surface area contributed by atoms with Gasteiger partial charge in [0.1, 0.15) is 6.54 Å². The number of rotatable bonds is 3. The van der Waals surface area contributed by atoms with Crippen molar-refractivity contribution >= 4 is 46.0 Å². The Kier molecular flexibility index (Phi) is 3.87. The van der Waals surface area contributed by atoms with Crippen LogP contribution in [0.15, 0.2) is 48.5 Å². The molecule has 1 fully saturated rings. The summed E-state index contributed by atoms with van der Waals surface area (Å²) in [4.78, 5) is 39.0. The third kappa shape index (κ3) is 2.74. The highest BCUT2D eigenvalue weighted by Gasteiger charge is 2.58. The summed E-state index contributed by atoms with van der Waals surface area (Å²) in [6.07, 6.45) is 1.46. The Labute approximate surface area is 158 Å². The van der Waals surface area contributed by atoms with Crippen molar-refractivity contribution in [2.75, 3.05) is 11.9 Å². The minimum absolute atomic E-state index is 0.256. The number of fused-ring (bicyclic) bond motifs is 2. The van der Waals surface area contributed by atoms with Crippen LogP contribution >= 0.6 is 22.6 Å². The average Bonchev–Trinajstić information content (AvgIpc) is 3.41. The molecule has 0 bridgehead atoms. The van der Waals surface area contributed by atoms with Gasteiger partial charge in [0, 0.05) is 14.8 Å². The summed E-state index contributed by atoms with van der Waals surface area (Å²) in [5.41, 5.74) is 1.37. The van der Waals surface area contributed by atoms with E-state index >= 15 is 0 Å². The summed E-state index contributed by atoms with van der Waals surface area (Å²) in [6, 6.07) is 14.5. The fourth-order valence-electron chi connectivity index (χ4n) is 3.33. The molecule has 0 radical (unpaired) electrons. The summed E-state index contributed by atoms with van der Waals surface area (Å²) in [6.45, 7) is -0.264. The molecule has 2 aromatic rings. The van der Waals surface area contributed by atoms with Crippen LogP contribution in [0.5, 0.6) is 0 Å². The molecule has 3 amide bonds. The number of benzene rings is 2. The number of nitrogens with one attached hydrogen (secondary N) is 1. The Morgan fingerprint density at radius 3 is 2.44 bits per heavy atom. The first-order chi connectivity index (χ1) is 12.0. The Bertz CT molecular complexity index is 888. The van der Waals surface area contributed by atoms with E-state index in [2.05, 4.69) is 27.9 Å². The molecule has 1 heterocycles. The maximum Gasteiger partial charge on any atom is 0.261 e. The first kappa shape index (κ1) is 16.3. The van der Waals surface area contributed by atoms with Gasteiger partial charge in [-0.2, -0.15) is 0 Å². The molecule has 1 aliphatic carbocycles. The van der Waals surface area contributed by atoms with Crippen LogP contribution in [-0.2, 0) is 15.0 Å². The van der Waals surface area contributed by atoms with Crippen molar-refractivity contribution in [1.82, 2.24) is 4.90 Å². The summed E-state index contributed by atoms with van der Waals surface area (Å²) >= 11 is 2.18. The quantitative estimate of drug-likeness (QED) is 0.583. The van der Waals surface area contributed by atoms with Crippen molar-refractivity contribution in [3.05, 3.63) is 63.2 Å². The number of anilines is 1. The highest BCUT2D eigenvalue weighted by molar-refractivity contribution is 14.1. The van der Waals surface area contributed by atoms with Gasteiger partial charge in [-0.25, -0.2) is 0 Å². The second-order valence-corrected chi connectivity index (χ2v) is 7.62. The fourth-order valence-corrected chi connectivity index (χ4v) is 3.69. The Balaban J connectivity index is 1.56. The molecule has 1 aliphatic heterocycles. The van der Waals surface area contributed by atoms with E-state index in [1.807, 2.05) is 24.3 Å². The van der Waals surface area contributed by atoms with Crippen molar-refractivity contribution in [3.63, 3.8) is 0 Å². The number of carbonyl (C=O) groups excluding carboxylic acids is 3. The molecule has 2 aliphatic rings. The predicted octanol–water partition coefficient (Wildman–Crippen LogP) is 2.94. The van der Waals surface area contributed by atoms with E-state index in [-0.39, 0.29) is 18.4 Å². The lowest BCUT2D eigenvalue weighted by Crippen LogP contribution is -2.51. The Morgan fingerprint density at radius 2 is 1.76 bits per heavy atom. The number of hydrogen-bond acceptors (Lipinski definition) is 3. The maximum atomic E-state index is 12.8. The zero-order valence-corrected chi connectivity index (χ0v) is 15.4.